The smallest absolute Gasteiger partial charge is 0.257 e. The summed E-state index contributed by atoms with van der Waals surface area (Å²) in [4.78, 5) is 19.0. The Bertz CT molecular complexity index is 889. The van der Waals surface area contributed by atoms with Crippen molar-refractivity contribution in [1.82, 2.24) is 15.2 Å². The number of piperidine rings is 1. The molecule has 1 aromatic heterocycles. The van der Waals surface area contributed by atoms with Crippen LogP contribution in [0.1, 0.15) is 19.3 Å². The van der Waals surface area contributed by atoms with E-state index in [0.29, 0.717) is 10.8 Å². The highest BCUT2D eigenvalue weighted by molar-refractivity contribution is 7.99. The van der Waals surface area contributed by atoms with Crippen molar-refractivity contribution in [2.24, 2.45) is 0 Å². The van der Waals surface area contributed by atoms with E-state index in [4.69, 9.17) is 4.42 Å². The van der Waals surface area contributed by atoms with Crippen LogP contribution in [0.3, 0.4) is 0 Å². The molecular formula is C18H23N3O4S2. The molecule has 2 unspecified atom stereocenters. The first-order valence-electron chi connectivity index (χ1n) is 9.22. The number of rotatable bonds is 5. The molecule has 7 nitrogen and oxygen atoms in total. The molecule has 146 valence electrons. The van der Waals surface area contributed by atoms with E-state index < -0.39 is 9.84 Å². The highest BCUT2D eigenvalue weighted by Crippen LogP contribution is 2.24. The zero-order valence-electron chi connectivity index (χ0n) is 15.0. The second-order valence-corrected chi connectivity index (χ2v) is 10.2. The summed E-state index contributed by atoms with van der Waals surface area (Å²) in [6, 6.07) is 6.98. The van der Waals surface area contributed by atoms with E-state index in [1.807, 2.05) is 24.3 Å². The fraction of sp³-hybridized carbons (Fsp3) is 0.556. The van der Waals surface area contributed by atoms with Gasteiger partial charge in [-0.1, -0.05) is 30.3 Å². The third-order valence-corrected chi connectivity index (χ3v) is 7.67. The lowest BCUT2D eigenvalue weighted by Gasteiger charge is -2.34. The lowest BCUT2D eigenvalue weighted by atomic mass is 10.1. The number of oxazole rings is 1. The number of benzene rings is 1. The number of nitrogens with zero attached hydrogens (tertiary/aromatic N) is 2. The average Bonchev–Trinajstić information content (AvgIpc) is 3.20. The number of carbonyl (C=O) groups excluding carboxylic acids is 1. The number of para-hydroxylation sites is 2. The molecule has 0 bridgehead atoms. The van der Waals surface area contributed by atoms with Gasteiger partial charge < -0.3 is 9.73 Å². The first kappa shape index (κ1) is 18.8. The molecule has 0 spiro atoms. The number of hydrogen-bond donors (Lipinski definition) is 1. The molecule has 1 aromatic carbocycles. The largest absolute Gasteiger partial charge is 0.431 e. The SMILES string of the molecule is O=C(CSc1nc2ccccc2o1)NC1CS(=O)(=O)CC1N1CCCCC1. The average molecular weight is 410 g/mol. The zero-order chi connectivity index (χ0) is 18.9. The van der Waals surface area contributed by atoms with E-state index in [1.165, 1.54) is 18.2 Å². The Morgan fingerprint density at radius 3 is 2.78 bits per heavy atom. The summed E-state index contributed by atoms with van der Waals surface area (Å²) in [5.41, 5.74) is 1.44. The Labute approximate surface area is 162 Å². The Morgan fingerprint density at radius 1 is 1.22 bits per heavy atom. The number of aromatic nitrogens is 1. The van der Waals surface area contributed by atoms with Crippen LogP contribution in [0.15, 0.2) is 33.9 Å². The van der Waals surface area contributed by atoms with Crippen LogP contribution in [0.2, 0.25) is 0 Å². The molecule has 2 aliphatic heterocycles. The third-order valence-electron chi connectivity index (χ3n) is 5.13. The van der Waals surface area contributed by atoms with Crippen molar-refractivity contribution in [1.29, 1.82) is 0 Å². The first-order chi connectivity index (χ1) is 13.0. The number of amides is 1. The predicted octanol–water partition coefficient (Wildman–Crippen LogP) is 1.69. The second-order valence-electron chi connectivity index (χ2n) is 7.15. The Morgan fingerprint density at radius 2 is 2.00 bits per heavy atom. The molecule has 2 fully saturated rings. The molecule has 27 heavy (non-hydrogen) atoms. The lowest BCUT2D eigenvalue weighted by molar-refractivity contribution is -0.119. The molecule has 2 atom stereocenters. The summed E-state index contributed by atoms with van der Waals surface area (Å²) in [5.74, 6) is 0.117. The molecular weight excluding hydrogens is 386 g/mol. The Balaban J connectivity index is 1.36. The van der Waals surface area contributed by atoms with Crippen molar-refractivity contribution in [2.45, 2.75) is 36.6 Å². The van der Waals surface area contributed by atoms with E-state index in [-0.39, 0.29) is 35.2 Å². The van der Waals surface area contributed by atoms with E-state index in [0.717, 1.165) is 31.4 Å². The summed E-state index contributed by atoms with van der Waals surface area (Å²) in [6.45, 7) is 1.81. The maximum Gasteiger partial charge on any atom is 0.257 e. The van der Waals surface area contributed by atoms with Crippen LogP contribution in [-0.2, 0) is 14.6 Å². The van der Waals surface area contributed by atoms with Gasteiger partial charge in [0, 0.05) is 6.04 Å². The number of fused-ring (bicyclic) bond motifs is 1. The van der Waals surface area contributed by atoms with Gasteiger partial charge in [-0.25, -0.2) is 13.4 Å². The standard InChI is InChI=1S/C18H23N3O4S2/c22-17(10-26-18-20-13-6-2-3-7-16(13)25-18)19-14-11-27(23,24)12-15(14)21-8-4-1-5-9-21/h2-3,6-7,14-15H,1,4-5,8-12H2,(H,19,22). The molecule has 2 aliphatic rings. The Kier molecular flexibility index (Phi) is 5.43. The summed E-state index contributed by atoms with van der Waals surface area (Å²) >= 11 is 1.22. The highest BCUT2D eigenvalue weighted by Gasteiger charge is 2.41. The Hall–Kier alpha value is -1.58. The van der Waals surface area contributed by atoms with Crippen LogP contribution in [0.5, 0.6) is 0 Å². The van der Waals surface area contributed by atoms with E-state index in [1.54, 1.807) is 0 Å². The second kappa shape index (κ2) is 7.81. The molecule has 2 saturated heterocycles. The van der Waals surface area contributed by atoms with Gasteiger partial charge in [0.1, 0.15) is 5.52 Å². The van der Waals surface area contributed by atoms with Crippen molar-refractivity contribution >= 4 is 38.6 Å². The van der Waals surface area contributed by atoms with E-state index >= 15 is 0 Å². The van der Waals surface area contributed by atoms with Crippen LogP contribution >= 0.6 is 11.8 Å². The van der Waals surface area contributed by atoms with Crippen molar-refractivity contribution in [3.8, 4) is 0 Å². The van der Waals surface area contributed by atoms with E-state index in [9.17, 15) is 13.2 Å². The fourth-order valence-corrected chi connectivity index (χ4v) is 6.47. The minimum Gasteiger partial charge on any atom is -0.431 e. The summed E-state index contributed by atoms with van der Waals surface area (Å²) < 4.78 is 29.9. The van der Waals surface area contributed by atoms with Crippen molar-refractivity contribution in [2.75, 3.05) is 30.3 Å². The number of thioether (sulfide) groups is 1. The fourth-order valence-electron chi connectivity index (χ4n) is 3.87. The number of likely N-dealkylation sites (tertiary alicyclic amines) is 1. The van der Waals surface area contributed by atoms with Gasteiger partial charge >= 0.3 is 0 Å². The molecule has 9 heteroatoms. The van der Waals surface area contributed by atoms with Gasteiger partial charge in [-0.2, -0.15) is 0 Å². The van der Waals surface area contributed by atoms with Gasteiger partial charge in [0.2, 0.25) is 5.91 Å². The molecule has 0 radical (unpaired) electrons. The predicted molar refractivity (Wildman–Crippen MR) is 105 cm³/mol. The zero-order valence-corrected chi connectivity index (χ0v) is 16.6. The minimum atomic E-state index is -3.12. The van der Waals surface area contributed by atoms with Crippen LogP contribution in [0.25, 0.3) is 11.1 Å². The third kappa shape index (κ3) is 4.47. The van der Waals surface area contributed by atoms with Gasteiger partial charge in [-0.05, 0) is 38.1 Å². The maximum atomic E-state index is 12.4. The topological polar surface area (TPSA) is 92.5 Å². The van der Waals surface area contributed by atoms with Gasteiger partial charge in [-0.15, -0.1) is 0 Å². The quantitative estimate of drug-likeness (QED) is 0.751. The molecule has 1 N–H and O–H groups in total. The van der Waals surface area contributed by atoms with Gasteiger partial charge in [0.25, 0.3) is 5.22 Å². The number of nitrogens with one attached hydrogen (secondary N) is 1. The minimum absolute atomic E-state index is 0.0213. The first-order valence-corrected chi connectivity index (χ1v) is 12.0. The lowest BCUT2D eigenvalue weighted by Crippen LogP contribution is -2.52. The molecule has 0 saturated carbocycles. The summed E-state index contributed by atoms with van der Waals surface area (Å²) in [7, 11) is -3.12. The number of carbonyl (C=O) groups is 1. The monoisotopic (exact) mass is 409 g/mol. The normalized spacial score (nSPS) is 25.6. The van der Waals surface area contributed by atoms with Gasteiger partial charge in [-0.3, -0.25) is 9.69 Å². The van der Waals surface area contributed by atoms with Gasteiger partial charge in [0.15, 0.2) is 15.4 Å². The van der Waals surface area contributed by atoms with Crippen molar-refractivity contribution in [3.05, 3.63) is 24.3 Å². The molecule has 3 heterocycles. The van der Waals surface area contributed by atoms with Crippen LogP contribution < -0.4 is 5.32 Å². The number of hydrogen-bond acceptors (Lipinski definition) is 7. The number of sulfone groups is 1. The van der Waals surface area contributed by atoms with Crippen LogP contribution in [0, 0.1) is 0 Å². The molecule has 1 amide bonds. The summed E-state index contributed by atoms with van der Waals surface area (Å²) in [5, 5.41) is 3.38. The van der Waals surface area contributed by atoms with Crippen molar-refractivity contribution in [3.63, 3.8) is 0 Å². The molecule has 4 rings (SSSR count). The van der Waals surface area contributed by atoms with E-state index in [2.05, 4.69) is 15.2 Å². The van der Waals surface area contributed by atoms with Crippen LogP contribution in [-0.4, -0.2) is 66.6 Å². The van der Waals surface area contributed by atoms with Crippen LogP contribution in [0.4, 0.5) is 0 Å². The van der Waals surface area contributed by atoms with Gasteiger partial charge in [0.05, 0.1) is 23.3 Å². The highest BCUT2D eigenvalue weighted by atomic mass is 32.2. The summed E-state index contributed by atoms with van der Waals surface area (Å²) in [6.07, 6.45) is 3.36. The molecule has 2 aromatic rings. The van der Waals surface area contributed by atoms with Crippen molar-refractivity contribution < 1.29 is 17.6 Å². The molecule has 0 aliphatic carbocycles. The maximum absolute atomic E-state index is 12.4.